The Morgan fingerprint density at radius 3 is 1.12 bits per heavy atom. The molecule has 0 aliphatic heterocycles. The van der Waals surface area contributed by atoms with E-state index in [1.807, 2.05) is 12.2 Å². The second-order valence-corrected chi connectivity index (χ2v) is 19.5. The van der Waals surface area contributed by atoms with Gasteiger partial charge in [-0.3, -0.25) is 6.08 Å². The zero-order valence-corrected chi connectivity index (χ0v) is 38.4. The Morgan fingerprint density at radius 2 is 0.865 bits per heavy atom. The normalized spacial score (nSPS) is 12.8. The first-order valence-electron chi connectivity index (χ1n) is 18.2. The average molecular weight is 813 g/mol. The van der Waals surface area contributed by atoms with Crippen LogP contribution in [0, 0.1) is 19.9 Å². The largest absolute Gasteiger partial charge is 0.273 e. The minimum atomic E-state index is 0. The smallest absolute Gasteiger partial charge is 0.109 e. The first kappa shape index (κ1) is 45.7. The summed E-state index contributed by atoms with van der Waals surface area (Å²) in [5.41, 5.74) is 11.7. The standard InChI is InChI=1S/C29H41.C15H14.C5H5.2ClH.Zr/c1-26(2,3)22-14-18-13-19-15-23(27(4,5)6)25(29(10,11)12)17-21(19)20(18)16-24(22)28(7,8)9;1-12-3-7-14(8-4-12)11-15-9-5-13(2)6-10-15;1-2-4-5-3-1;;;/h13-17H,1-12H3;3-10H,1-2H3;1-3H,4H2;2*1H;/q-1;;-1;;;+2. The Morgan fingerprint density at radius 1 is 0.538 bits per heavy atom. The fraction of sp³-hybridized carbons (Fsp3) is 0.388. The molecular formula is C49H62Cl2Zr. The Bertz CT molecular complexity index is 1860. The molecule has 0 atom stereocenters. The number of fused-ring (bicyclic) bond motifs is 3. The van der Waals surface area contributed by atoms with Gasteiger partial charge in [0.05, 0.1) is 0 Å². The van der Waals surface area contributed by atoms with Crippen molar-refractivity contribution in [3.8, 4) is 0 Å². The third-order valence-electron chi connectivity index (χ3n) is 9.48. The minimum Gasteiger partial charge on any atom is -0.273 e. The van der Waals surface area contributed by atoms with E-state index in [4.69, 9.17) is 0 Å². The van der Waals surface area contributed by atoms with Crippen LogP contribution in [-0.4, -0.2) is 3.21 Å². The van der Waals surface area contributed by atoms with E-state index < -0.39 is 0 Å². The third kappa shape index (κ3) is 11.5. The summed E-state index contributed by atoms with van der Waals surface area (Å²) in [5, 5.41) is 5.57. The van der Waals surface area contributed by atoms with Gasteiger partial charge < -0.3 is 0 Å². The molecule has 276 valence electrons. The van der Waals surface area contributed by atoms with Gasteiger partial charge in [0.25, 0.3) is 0 Å². The van der Waals surface area contributed by atoms with Gasteiger partial charge in [0.15, 0.2) is 0 Å². The number of hydrogen-bond donors (Lipinski definition) is 0. The number of halogens is 2. The predicted octanol–water partition coefficient (Wildman–Crippen LogP) is 14.5. The van der Waals surface area contributed by atoms with Crippen LogP contribution >= 0.6 is 24.8 Å². The summed E-state index contributed by atoms with van der Waals surface area (Å²) in [7, 11) is 0. The molecule has 3 heteroatoms. The summed E-state index contributed by atoms with van der Waals surface area (Å²) in [6, 6.07) is 29.8. The molecule has 0 fully saturated rings. The number of benzene rings is 4. The van der Waals surface area contributed by atoms with E-state index in [1.165, 1.54) is 93.5 Å². The van der Waals surface area contributed by atoms with Crippen molar-refractivity contribution in [3.63, 3.8) is 0 Å². The van der Waals surface area contributed by atoms with Gasteiger partial charge in [-0.1, -0.05) is 117 Å². The Kier molecular flexibility index (Phi) is 15.6. The first-order chi connectivity index (χ1) is 23.1. The zero-order valence-electron chi connectivity index (χ0n) is 34.3. The van der Waals surface area contributed by atoms with Crippen molar-refractivity contribution < 1.29 is 24.2 Å². The predicted molar refractivity (Wildman–Crippen MR) is 233 cm³/mol. The fourth-order valence-electron chi connectivity index (χ4n) is 6.54. The molecule has 52 heavy (non-hydrogen) atoms. The van der Waals surface area contributed by atoms with Crippen LogP contribution in [0.3, 0.4) is 0 Å². The Hall–Kier alpha value is -2.44. The van der Waals surface area contributed by atoms with Crippen LogP contribution in [-0.2, 0) is 45.9 Å². The van der Waals surface area contributed by atoms with Crippen molar-refractivity contribution in [2.45, 2.75) is 125 Å². The maximum Gasteiger partial charge on any atom is -0.109 e. The van der Waals surface area contributed by atoms with E-state index in [1.54, 1.807) is 0 Å². The molecule has 6 rings (SSSR count). The summed E-state index contributed by atoms with van der Waals surface area (Å²) in [4.78, 5) is 0. The van der Waals surface area contributed by atoms with Gasteiger partial charge in [0, 0.05) is 0 Å². The van der Waals surface area contributed by atoms with Crippen LogP contribution in [0.15, 0.2) is 97.1 Å². The van der Waals surface area contributed by atoms with Crippen molar-refractivity contribution in [3.05, 3.63) is 148 Å². The van der Waals surface area contributed by atoms with E-state index >= 15 is 0 Å². The van der Waals surface area contributed by atoms with Crippen molar-refractivity contribution in [1.82, 2.24) is 0 Å². The molecule has 1 aliphatic carbocycles. The van der Waals surface area contributed by atoms with Gasteiger partial charge in [0.2, 0.25) is 0 Å². The summed E-state index contributed by atoms with van der Waals surface area (Å²) in [6.45, 7) is 32.3. The van der Waals surface area contributed by atoms with Gasteiger partial charge in [-0.05, 0) is 21.7 Å². The molecule has 0 saturated heterocycles. The molecular weight excluding hydrogens is 751 g/mol. The summed E-state index contributed by atoms with van der Waals surface area (Å²) < 4.78 is 1.42. The molecule has 5 aromatic rings. The van der Waals surface area contributed by atoms with Crippen molar-refractivity contribution in [2.24, 2.45) is 0 Å². The summed E-state index contributed by atoms with van der Waals surface area (Å²) in [6.07, 6.45) is 10.0. The van der Waals surface area contributed by atoms with E-state index in [-0.39, 0.29) is 46.5 Å². The van der Waals surface area contributed by atoms with Crippen LogP contribution in [0.2, 0.25) is 0 Å². The van der Waals surface area contributed by atoms with E-state index in [2.05, 4.69) is 188 Å². The van der Waals surface area contributed by atoms with E-state index in [9.17, 15) is 0 Å². The molecule has 0 radical (unpaired) electrons. The van der Waals surface area contributed by atoms with E-state index in [0.717, 1.165) is 6.42 Å². The number of aryl methyl sites for hydroxylation is 2. The number of hydrogen-bond acceptors (Lipinski definition) is 0. The van der Waals surface area contributed by atoms with Gasteiger partial charge in [-0.2, -0.15) is 6.08 Å². The van der Waals surface area contributed by atoms with Crippen LogP contribution < -0.4 is 0 Å². The average Bonchev–Trinajstić information content (AvgIpc) is 3.71. The molecule has 0 spiro atoms. The van der Waals surface area contributed by atoms with Crippen LogP contribution in [0.25, 0.3) is 21.5 Å². The molecule has 0 N–H and O–H groups in total. The summed E-state index contributed by atoms with van der Waals surface area (Å²) >= 11 is 1.46. The maximum absolute atomic E-state index is 2.99. The molecule has 0 amide bonds. The molecule has 0 heterocycles. The topological polar surface area (TPSA) is 0 Å². The maximum atomic E-state index is 2.99. The minimum absolute atomic E-state index is 0. The summed E-state index contributed by atoms with van der Waals surface area (Å²) in [5.74, 6) is 0. The number of allylic oxidation sites excluding steroid dienone is 4. The second kappa shape index (κ2) is 17.8. The molecule has 1 aliphatic rings. The quantitative estimate of drug-likeness (QED) is 0.156. The van der Waals surface area contributed by atoms with Gasteiger partial charge >= 0.3 is 112 Å². The molecule has 0 unspecified atom stereocenters. The van der Waals surface area contributed by atoms with Crippen molar-refractivity contribution >= 4 is 49.6 Å². The van der Waals surface area contributed by atoms with Crippen LogP contribution in [0.1, 0.15) is 134 Å². The fourth-order valence-corrected chi connectivity index (χ4v) is 7.35. The van der Waals surface area contributed by atoms with Gasteiger partial charge in [-0.15, -0.1) is 71.0 Å². The molecule has 0 nitrogen and oxygen atoms in total. The van der Waals surface area contributed by atoms with Gasteiger partial charge in [0.1, 0.15) is 0 Å². The number of rotatable bonds is 2. The molecule has 0 saturated carbocycles. The SMILES string of the molecule is CC(C)(C)c1cc2[cH-]c3cc(C(C)(C)C)c(C(C)(C)C)cc3c2cc1C(C)(C)C.Cc1ccc([C](=[Zr+2])c2ccc(C)cc2)cc1.Cl.Cl.[C-]1=CC=CC1. The van der Waals surface area contributed by atoms with Crippen molar-refractivity contribution in [1.29, 1.82) is 0 Å². The van der Waals surface area contributed by atoms with Crippen molar-refractivity contribution in [2.75, 3.05) is 0 Å². The second-order valence-electron chi connectivity index (χ2n) is 18.2. The molecule has 0 aromatic heterocycles. The zero-order chi connectivity index (χ0) is 37.2. The van der Waals surface area contributed by atoms with E-state index in [0.29, 0.717) is 0 Å². The molecule has 5 aromatic carbocycles. The monoisotopic (exact) mass is 810 g/mol. The van der Waals surface area contributed by atoms with Gasteiger partial charge in [-0.25, -0.2) is 12.2 Å². The molecule has 0 bridgehead atoms. The Balaban J connectivity index is 0.000000340. The van der Waals surface area contributed by atoms with Crippen LogP contribution in [0.4, 0.5) is 0 Å². The van der Waals surface area contributed by atoms with Crippen LogP contribution in [0.5, 0.6) is 0 Å². The first-order valence-corrected chi connectivity index (χ1v) is 19.5. The third-order valence-corrected chi connectivity index (χ3v) is 10.9. The Labute approximate surface area is 344 Å².